The number of nitrogens with two attached hydrogens (primary N) is 1. The summed E-state index contributed by atoms with van der Waals surface area (Å²) in [6.07, 6.45) is 3.58. The molecule has 1 aromatic carbocycles. The molecule has 3 heteroatoms. The molecule has 0 radical (unpaired) electrons. The number of benzene rings is 1. The van der Waals surface area contributed by atoms with Crippen LogP contribution in [0.2, 0.25) is 0 Å². The van der Waals surface area contributed by atoms with Crippen molar-refractivity contribution in [2.24, 2.45) is 5.73 Å². The second-order valence-corrected chi connectivity index (χ2v) is 2.69. The van der Waals surface area contributed by atoms with Gasteiger partial charge in [0.2, 0.25) is 0 Å². The van der Waals surface area contributed by atoms with Gasteiger partial charge in [-0.2, -0.15) is 0 Å². The van der Waals surface area contributed by atoms with Gasteiger partial charge < -0.3 is 10.8 Å². The Bertz CT molecular complexity index is 356. The molecular formula is C10H12N2O. The fourth-order valence-corrected chi connectivity index (χ4v) is 1.04. The molecule has 0 amide bonds. The Hall–Kier alpha value is -1.77. The summed E-state index contributed by atoms with van der Waals surface area (Å²) in [4.78, 5) is 0. The molecule has 0 atom stereocenters. The molecule has 0 aromatic heterocycles. The van der Waals surface area contributed by atoms with Crippen LogP contribution < -0.4 is 5.73 Å². The highest BCUT2D eigenvalue weighted by atomic mass is 16.3. The summed E-state index contributed by atoms with van der Waals surface area (Å²) in [5.74, 6) is 0.203. The monoisotopic (exact) mass is 176 g/mol. The van der Waals surface area contributed by atoms with Gasteiger partial charge in [0.05, 0.1) is 0 Å². The Morgan fingerprint density at radius 3 is 2.77 bits per heavy atom. The van der Waals surface area contributed by atoms with Crippen molar-refractivity contribution < 1.29 is 5.11 Å². The van der Waals surface area contributed by atoms with Crippen LogP contribution >= 0.6 is 0 Å². The van der Waals surface area contributed by atoms with E-state index in [0.717, 1.165) is 0 Å². The Morgan fingerprint density at radius 1 is 1.54 bits per heavy atom. The molecular weight excluding hydrogens is 164 g/mol. The molecule has 0 aliphatic rings. The minimum absolute atomic E-state index is 0.00533. The molecule has 4 N–H and O–H groups in total. The molecule has 0 saturated carbocycles. The van der Waals surface area contributed by atoms with E-state index in [1.807, 2.05) is 13.0 Å². The normalized spacial score (nSPS) is 10.5. The molecule has 0 fully saturated rings. The molecule has 0 aliphatic carbocycles. The lowest BCUT2D eigenvalue weighted by Crippen LogP contribution is -2.10. The molecule has 1 rings (SSSR count). The van der Waals surface area contributed by atoms with E-state index in [4.69, 9.17) is 11.1 Å². The standard InChI is InChI=1S/C10H12N2O/c1-2-3-7-6-8(10(11)12)4-5-9(7)13/h2-6,13H,1H3,(H3,11,12)/b3-2+. The van der Waals surface area contributed by atoms with Crippen LogP contribution in [0.15, 0.2) is 24.3 Å². The third kappa shape index (κ3) is 2.08. The summed E-state index contributed by atoms with van der Waals surface area (Å²) in [7, 11) is 0. The van der Waals surface area contributed by atoms with E-state index in [1.165, 1.54) is 6.07 Å². The number of hydrogen-bond acceptors (Lipinski definition) is 2. The van der Waals surface area contributed by atoms with E-state index in [9.17, 15) is 5.11 Å². The van der Waals surface area contributed by atoms with Gasteiger partial charge in [-0.15, -0.1) is 0 Å². The molecule has 0 heterocycles. The van der Waals surface area contributed by atoms with Crippen LogP contribution in [-0.4, -0.2) is 10.9 Å². The summed E-state index contributed by atoms with van der Waals surface area (Å²) in [5.41, 5.74) is 6.60. The van der Waals surface area contributed by atoms with Crippen molar-refractivity contribution in [3.8, 4) is 5.75 Å². The van der Waals surface area contributed by atoms with Crippen LogP contribution in [0.5, 0.6) is 5.75 Å². The van der Waals surface area contributed by atoms with Crippen LogP contribution in [0.4, 0.5) is 0 Å². The SMILES string of the molecule is C/C=C/c1cc(C(=N)N)ccc1O. The summed E-state index contributed by atoms with van der Waals surface area (Å²) < 4.78 is 0. The van der Waals surface area contributed by atoms with Crippen LogP contribution in [0.1, 0.15) is 18.1 Å². The quantitative estimate of drug-likeness (QED) is 0.474. The summed E-state index contributed by atoms with van der Waals surface area (Å²) in [6, 6.07) is 4.83. The predicted octanol–water partition coefficient (Wildman–Crippen LogP) is 1.71. The lowest BCUT2D eigenvalue weighted by Gasteiger charge is -2.02. The molecule has 3 nitrogen and oxygen atoms in total. The second-order valence-electron chi connectivity index (χ2n) is 2.69. The summed E-state index contributed by atoms with van der Waals surface area (Å²) >= 11 is 0. The molecule has 0 bridgehead atoms. The Kier molecular flexibility index (Phi) is 2.69. The number of phenols is 1. The first-order valence-corrected chi connectivity index (χ1v) is 3.95. The zero-order valence-electron chi connectivity index (χ0n) is 7.41. The van der Waals surface area contributed by atoms with E-state index in [0.29, 0.717) is 11.1 Å². The van der Waals surface area contributed by atoms with Gasteiger partial charge in [0.1, 0.15) is 11.6 Å². The number of aromatic hydroxyl groups is 1. The van der Waals surface area contributed by atoms with Gasteiger partial charge in [0.25, 0.3) is 0 Å². The van der Waals surface area contributed by atoms with Gasteiger partial charge in [0, 0.05) is 11.1 Å². The maximum absolute atomic E-state index is 9.39. The van der Waals surface area contributed by atoms with Gasteiger partial charge in [-0.05, 0) is 25.1 Å². The second kappa shape index (κ2) is 3.76. The lowest BCUT2D eigenvalue weighted by molar-refractivity contribution is 0.474. The number of phenolic OH excluding ortho intramolecular Hbond substituents is 1. The zero-order valence-corrected chi connectivity index (χ0v) is 7.41. The van der Waals surface area contributed by atoms with Crippen molar-refractivity contribution in [3.63, 3.8) is 0 Å². The van der Waals surface area contributed by atoms with E-state index < -0.39 is 0 Å². The van der Waals surface area contributed by atoms with Crippen molar-refractivity contribution in [3.05, 3.63) is 35.4 Å². The average Bonchev–Trinajstić information content (AvgIpc) is 2.08. The number of amidine groups is 1. The van der Waals surface area contributed by atoms with Crippen molar-refractivity contribution in [2.75, 3.05) is 0 Å². The number of nitrogen functional groups attached to an aromatic ring is 1. The molecule has 0 spiro atoms. The van der Waals surface area contributed by atoms with Crippen LogP contribution in [0.25, 0.3) is 6.08 Å². The van der Waals surface area contributed by atoms with Crippen molar-refractivity contribution in [1.82, 2.24) is 0 Å². The molecule has 68 valence electrons. The zero-order chi connectivity index (χ0) is 9.84. The smallest absolute Gasteiger partial charge is 0.122 e. The topological polar surface area (TPSA) is 70.1 Å². The largest absolute Gasteiger partial charge is 0.507 e. The Labute approximate surface area is 77.0 Å². The maximum atomic E-state index is 9.39. The Morgan fingerprint density at radius 2 is 2.23 bits per heavy atom. The van der Waals surface area contributed by atoms with Gasteiger partial charge in [-0.25, -0.2) is 0 Å². The number of allylic oxidation sites excluding steroid dienone is 1. The third-order valence-corrected chi connectivity index (χ3v) is 1.68. The number of hydrogen-bond donors (Lipinski definition) is 3. The first kappa shape index (κ1) is 9.32. The average molecular weight is 176 g/mol. The molecule has 13 heavy (non-hydrogen) atoms. The summed E-state index contributed by atoms with van der Waals surface area (Å²) in [5, 5.41) is 16.6. The molecule has 0 aliphatic heterocycles. The Balaban J connectivity index is 3.18. The molecule has 1 aromatic rings. The molecule has 0 unspecified atom stereocenters. The van der Waals surface area contributed by atoms with Crippen molar-refractivity contribution >= 4 is 11.9 Å². The van der Waals surface area contributed by atoms with Gasteiger partial charge >= 0.3 is 0 Å². The first-order chi connectivity index (χ1) is 6.15. The van der Waals surface area contributed by atoms with Crippen molar-refractivity contribution in [2.45, 2.75) is 6.92 Å². The number of nitrogens with one attached hydrogen (secondary N) is 1. The van der Waals surface area contributed by atoms with Crippen LogP contribution in [0, 0.1) is 5.41 Å². The summed E-state index contributed by atoms with van der Waals surface area (Å²) in [6.45, 7) is 1.86. The maximum Gasteiger partial charge on any atom is 0.122 e. The van der Waals surface area contributed by atoms with E-state index >= 15 is 0 Å². The van der Waals surface area contributed by atoms with Gasteiger partial charge in [-0.1, -0.05) is 12.2 Å². The van der Waals surface area contributed by atoms with Crippen molar-refractivity contribution in [1.29, 1.82) is 5.41 Å². The highest BCUT2D eigenvalue weighted by Gasteiger charge is 2.00. The van der Waals surface area contributed by atoms with E-state index in [-0.39, 0.29) is 11.6 Å². The van der Waals surface area contributed by atoms with E-state index in [2.05, 4.69) is 0 Å². The van der Waals surface area contributed by atoms with Gasteiger partial charge in [-0.3, -0.25) is 5.41 Å². The van der Waals surface area contributed by atoms with Gasteiger partial charge in [0.15, 0.2) is 0 Å². The predicted molar refractivity (Wildman–Crippen MR) is 53.8 cm³/mol. The highest BCUT2D eigenvalue weighted by Crippen LogP contribution is 2.19. The number of rotatable bonds is 2. The lowest BCUT2D eigenvalue weighted by atomic mass is 10.1. The fraction of sp³-hybridized carbons (Fsp3) is 0.100. The van der Waals surface area contributed by atoms with Crippen LogP contribution in [0.3, 0.4) is 0 Å². The van der Waals surface area contributed by atoms with Crippen LogP contribution in [-0.2, 0) is 0 Å². The highest BCUT2D eigenvalue weighted by molar-refractivity contribution is 5.95. The minimum atomic E-state index is 0.00533. The first-order valence-electron chi connectivity index (χ1n) is 3.95. The molecule has 0 saturated heterocycles. The van der Waals surface area contributed by atoms with E-state index in [1.54, 1.807) is 18.2 Å². The fourth-order valence-electron chi connectivity index (χ4n) is 1.04. The minimum Gasteiger partial charge on any atom is -0.507 e. The third-order valence-electron chi connectivity index (χ3n) is 1.68.